The highest BCUT2D eigenvalue weighted by molar-refractivity contribution is 7.17. The Morgan fingerprint density at radius 1 is 1.00 bits per heavy atom. The summed E-state index contributed by atoms with van der Waals surface area (Å²) in [7, 11) is 0. The lowest BCUT2D eigenvalue weighted by atomic mass is 10.0. The number of carbonyl (C=O) groups excluding carboxylic acids is 3. The van der Waals surface area contributed by atoms with Crippen molar-refractivity contribution in [2.45, 2.75) is 32.2 Å². The van der Waals surface area contributed by atoms with E-state index in [1.807, 2.05) is 59.3 Å². The molecule has 4 aromatic rings. The van der Waals surface area contributed by atoms with Crippen LogP contribution in [0.1, 0.15) is 27.7 Å². The first-order valence-corrected chi connectivity index (χ1v) is 13.5. The molecule has 2 aliphatic heterocycles. The van der Waals surface area contributed by atoms with E-state index in [0.717, 1.165) is 16.5 Å². The minimum Gasteiger partial charge on any atom is -0.334 e. The van der Waals surface area contributed by atoms with Gasteiger partial charge < -0.3 is 15.1 Å². The Hall–Kier alpha value is -3.69. The maximum Gasteiger partial charge on any atom is 0.323 e. The molecule has 0 aliphatic carbocycles. The number of nitrogens with zero attached hydrogens (tertiary/aromatic N) is 3. The average Bonchev–Trinajstić information content (AvgIpc) is 3.57. The fourth-order valence-corrected chi connectivity index (χ4v) is 6.77. The van der Waals surface area contributed by atoms with E-state index in [9.17, 15) is 14.4 Å². The normalized spacial score (nSPS) is 19.4. The fraction of sp³-hybridized carbons (Fsp3) is 0.222. The molecule has 182 valence electrons. The Morgan fingerprint density at radius 2 is 1.81 bits per heavy atom. The molecule has 36 heavy (non-hydrogen) atoms. The van der Waals surface area contributed by atoms with Crippen molar-refractivity contribution in [3.8, 4) is 0 Å². The molecule has 2 aromatic heterocycles. The third-order valence-electron chi connectivity index (χ3n) is 6.87. The second-order valence-electron chi connectivity index (χ2n) is 8.99. The average molecular weight is 517 g/mol. The number of hydrogen-bond acceptors (Lipinski definition) is 5. The zero-order valence-electron chi connectivity index (χ0n) is 19.6. The fourth-order valence-electron chi connectivity index (χ4n) is 5.11. The molecule has 1 N–H and O–H groups in total. The van der Waals surface area contributed by atoms with E-state index in [2.05, 4.69) is 17.4 Å². The Labute approximate surface area is 216 Å². The molecule has 6 rings (SSSR count). The lowest BCUT2D eigenvalue weighted by Crippen LogP contribution is -2.70. The van der Waals surface area contributed by atoms with E-state index >= 15 is 0 Å². The summed E-state index contributed by atoms with van der Waals surface area (Å²) in [5.41, 5.74) is 2.64. The van der Waals surface area contributed by atoms with Gasteiger partial charge >= 0.3 is 6.03 Å². The van der Waals surface area contributed by atoms with Crippen molar-refractivity contribution in [3.05, 3.63) is 87.4 Å². The summed E-state index contributed by atoms with van der Waals surface area (Å²) >= 11 is 2.97. The summed E-state index contributed by atoms with van der Waals surface area (Å²) in [6.07, 6.45) is -0.593. The van der Waals surface area contributed by atoms with Gasteiger partial charge in [0.25, 0.3) is 5.91 Å². The maximum atomic E-state index is 13.6. The van der Waals surface area contributed by atoms with Crippen molar-refractivity contribution in [2.24, 2.45) is 0 Å². The Kier molecular flexibility index (Phi) is 5.73. The van der Waals surface area contributed by atoms with Crippen LogP contribution in [0.5, 0.6) is 0 Å². The second-order valence-corrected chi connectivity index (χ2v) is 10.9. The van der Waals surface area contributed by atoms with Crippen LogP contribution in [-0.2, 0) is 17.9 Å². The number of carbonyl (C=O) groups is 3. The van der Waals surface area contributed by atoms with Gasteiger partial charge in [0.2, 0.25) is 5.91 Å². The molecule has 9 heteroatoms. The summed E-state index contributed by atoms with van der Waals surface area (Å²) in [6.45, 7) is 2.78. The Bertz CT molecular complexity index is 1460. The molecule has 2 atom stereocenters. The predicted octanol–water partition coefficient (Wildman–Crippen LogP) is 4.89. The SMILES string of the molecule is C[C@@H]1C(=O)N(Cc2cccc3sccc23)CC2N(C(=O)NCc3ccccc3)c3ccsc3C(=O)N21. The number of fused-ring (bicyclic) bond motifs is 3. The third kappa shape index (κ3) is 3.75. The first-order valence-electron chi connectivity index (χ1n) is 11.8. The molecule has 0 saturated carbocycles. The van der Waals surface area contributed by atoms with Crippen LogP contribution in [0, 0.1) is 0 Å². The molecule has 0 bridgehead atoms. The highest BCUT2D eigenvalue weighted by atomic mass is 32.1. The first kappa shape index (κ1) is 22.8. The van der Waals surface area contributed by atoms with Crippen LogP contribution in [-0.4, -0.2) is 46.4 Å². The number of thiophene rings is 2. The van der Waals surface area contributed by atoms with Crippen LogP contribution < -0.4 is 10.2 Å². The topological polar surface area (TPSA) is 73.0 Å². The third-order valence-corrected chi connectivity index (χ3v) is 8.65. The summed E-state index contributed by atoms with van der Waals surface area (Å²) < 4.78 is 1.17. The van der Waals surface area contributed by atoms with Gasteiger partial charge in [-0.15, -0.1) is 22.7 Å². The highest BCUT2D eigenvalue weighted by Gasteiger charge is 2.49. The number of hydrogen-bond donors (Lipinski definition) is 1. The molecule has 2 aliphatic rings. The predicted molar refractivity (Wildman–Crippen MR) is 142 cm³/mol. The summed E-state index contributed by atoms with van der Waals surface area (Å²) in [5, 5.41) is 8.01. The molecule has 0 radical (unpaired) electrons. The number of benzene rings is 2. The largest absolute Gasteiger partial charge is 0.334 e. The van der Waals surface area contributed by atoms with Crippen molar-refractivity contribution in [1.29, 1.82) is 0 Å². The molecule has 0 spiro atoms. The molecular formula is C27H24N4O3S2. The van der Waals surface area contributed by atoms with Crippen molar-refractivity contribution < 1.29 is 14.4 Å². The Balaban J connectivity index is 1.32. The van der Waals surface area contributed by atoms with Crippen molar-refractivity contribution in [1.82, 2.24) is 15.1 Å². The van der Waals surface area contributed by atoms with Crippen LogP contribution in [0.2, 0.25) is 0 Å². The number of piperazine rings is 1. The zero-order chi connectivity index (χ0) is 24.8. The van der Waals surface area contributed by atoms with E-state index in [0.29, 0.717) is 23.7 Å². The standard InChI is InChI=1S/C27H24N4O3S2/c1-17-25(32)29(15-19-8-5-9-22-20(19)10-12-35-22)16-23-30(17)26(33)24-21(11-13-36-24)31(23)27(34)28-14-18-6-3-2-4-7-18/h2-13,17,23H,14-16H2,1H3,(H,28,34)/t17-,23?/m1/s1. The number of rotatable bonds is 4. The zero-order valence-corrected chi connectivity index (χ0v) is 21.2. The number of nitrogens with one attached hydrogen (secondary N) is 1. The van der Waals surface area contributed by atoms with E-state index in [1.165, 1.54) is 16.0 Å². The molecule has 2 aromatic carbocycles. The molecular weight excluding hydrogens is 492 g/mol. The first-order chi connectivity index (χ1) is 17.5. The van der Waals surface area contributed by atoms with Gasteiger partial charge in [-0.05, 0) is 52.4 Å². The molecule has 1 fully saturated rings. The quantitative estimate of drug-likeness (QED) is 0.420. The Morgan fingerprint density at radius 3 is 2.64 bits per heavy atom. The van der Waals surface area contributed by atoms with Crippen LogP contribution >= 0.6 is 22.7 Å². The van der Waals surface area contributed by atoms with Gasteiger partial charge in [0.05, 0.1) is 12.2 Å². The van der Waals surface area contributed by atoms with E-state index in [4.69, 9.17) is 0 Å². The molecule has 1 saturated heterocycles. The van der Waals surface area contributed by atoms with Gasteiger partial charge in [0.1, 0.15) is 17.1 Å². The smallest absolute Gasteiger partial charge is 0.323 e. The highest BCUT2D eigenvalue weighted by Crippen LogP contribution is 2.38. The monoisotopic (exact) mass is 516 g/mol. The van der Waals surface area contributed by atoms with Crippen LogP contribution in [0.3, 0.4) is 0 Å². The van der Waals surface area contributed by atoms with Gasteiger partial charge in [-0.25, -0.2) is 4.79 Å². The van der Waals surface area contributed by atoms with E-state index < -0.39 is 12.2 Å². The van der Waals surface area contributed by atoms with E-state index in [1.54, 1.807) is 33.0 Å². The van der Waals surface area contributed by atoms with Crippen molar-refractivity contribution in [3.63, 3.8) is 0 Å². The molecule has 1 unspecified atom stereocenters. The van der Waals surface area contributed by atoms with Gasteiger partial charge in [-0.1, -0.05) is 42.5 Å². The van der Waals surface area contributed by atoms with E-state index in [-0.39, 0.29) is 24.4 Å². The summed E-state index contributed by atoms with van der Waals surface area (Å²) in [4.78, 5) is 45.9. The van der Waals surface area contributed by atoms with Gasteiger partial charge in [-0.2, -0.15) is 0 Å². The lowest BCUT2D eigenvalue weighted by Gasteiger charge is -2.51. The van der Waals surface area contributed by atoms with Crippen LogP contribution in [0.4, 0.5) is 10.5 Å². The second kappa shape index (κ2) is 9.07. The number of anilines is 1. The van der Waals surface area contributed by atoms with Crippen LogP contribution in [0.15, 0.2) is 71.4 Å². The number of urea groups is 1. The van der Waals surface area contributed by atoms with Gasteiger partial charge in [-0.3, -0.25) is 14.5 Å². The minimum absolute atomic E-state index is 0.114. The summed E-state index contributed by atoms with van der Waals surface area (Å²) in [5.74, 6) is -0.311. The van der Waals surface area contributed by atoms with Crippen molar-refractivity contribution >= 4 is 56.3 Å². The van der Waals surface area contributed by atoms with Crippen molar-refractivity contribution in [2.75, 3.05) is 11.4 Å². The summed E-state index contributed by atoms with van der Waals surface area (Å²) in [6, 6.07) is 18.7. The minimum atomic E-state index is -0.683. The lowest BCUT2D eigenvalue weighted by molar-refractivity contribution is -0.142. The molecule has 7 nitrogen and oxygen atoms in total. The van der Waals surface area contributed by atoms with Gasteiger partial charge in [0, 0.05) is 17.8 Å². The van der Waals surface area contributed by atoms with Crippen LogP contribution in [0.25, 0.3) is 10.1 Å². The van der Waals surface area contributed by atoms with Gasteiger partial charge in [0.15, 0.2) is 0 Å². The number of amides is 4. The molecule has 4 heterocycles. The maximum absolute atomic E-state index is 13.6. The molecule has 4 amide bonds.